The first-order valence-corrected chi connectivity index (χ1v) is 10.1. The van der Waals surface area contributed by atoms with Gasteiger partial charge in [0.05, 0.1) is 29.4 Å². The number of anilines is 1. The Bertz CT molecular complexity index is 958. The van der Waals surface area contributed by atoms with Crippen LogP contribution in [0.1, 0.15) is 35.3 Å². The maximum absolute atomic E-state index is 13.1. The second-order valence-corrected chi connectivity index (χ2v) is 7.85. The molecule has 0 aromatic heterocycles. The lowest BCUT2D eigenvalue weighted by atomic mass is 10.1. The highest BCUT2D eigenvalue weighted by Gasteiger charge is 2.30. The maximum Gasteiger partial charge on any atom is 0.416 e. The highest BCUT2D eigenvalue weighted by molar-refractivity contribution is 5.97. The van der Waals surface area contributed by atoms with Crippen LogP contribution in [0.25, 0.3) is 0 Å². The largest absolute Gasteiger partial charge is 0.492 e. The van der Waals surface area contributed by atoms with Gasteiger partial charge in [0.15, 0.2) is 0 Å². The average Bonchev–Trinajstić information content (AvgIpc) is 2.76. The van der Waals surface area contributed by atoms with Gasteiger partial charge >= 0.3 is 6.18 Å². The van der Waals surface area contributed by atoms with Gasteiger partial charge in [0.1, 0.15) is 5.75 Å². The molecule has 0 aliphatic carbocycles. The van der Waals surface area contributed by atoms with Crippen LogP contribution < -0.4 is 9.64 Å². The van der Waals surface area contributed by atoms with Gasteiger partial charge in [-0.2, -0.15) is 18.4 Å². The van der Waals surface area contributed by atoms with Gasteiger partial charge in [-0.15, -0.1) is 0 Å². The molecular weight excluding hydrogens is 407 g/mol. The minimum absolute atomic E-state index is 0.220. The van der Waals surface area contributed by atoms with Crippen molar-refractivity contribution >= 4 is 11.6 Å². The molecule has 1 fully saturated rings. The van der Waals surface area contributed by atoms with Crippen molar-refractivity contribution in [2.45, 2.75) is 20.0 Å². The summed E-state index contributed by atoms with van der Waals surface area (Å²) in [7, 11) is 0. The Morgan fingerprint density at radius 1 is 1.10 bits per heavy atom. The number of piperazine rings is 1. The molecule has 0 N–H and O–H groups in total. The lowest BCUT2D eigenvalue weighted by molar-refractivity contribution is -0.137. The molecule has 2 aromatic carbocycles. The number of carbonyl (C=O) groups excluding carboxylic acids is 1. The van der Waals surface area contributed by atoms with E-state index in [1.54, 1.807) is 23.1 Å². The zero-order valence-corrected chi connectivity index (χ0v) is 17.4. The van der Waals surface area contributed by atoms with Gasteiger partial charge < -0.3 is 14.5 Å². The summed E-state index contributed by atoms with van der Waals surface area (Å²) in [5, 5.41) is 9.20. The molecule has 1 amide bonds. The molecule has 0 atom stereocenters. The van der Waals surface area contributed by atoms with E-state index in [1.807, 2.05) is 24.8 Å². The topological polar surface area (TPSA) is 56.6 Å². The number of rotatable bonds is 5. The normalized spacial score (nSPS) is 14.5. The minimum atomic E-state index is -4.36. The zero-order chi connectivity index (χ0) is 22.6. The third-order valence-electron chi connectivity index (χ3n) is 5.04. The molecule has 31 heavy (non-hydrogen) atoms. The van der Waals surface area contributed by atoms with Crippen molar-refractivity contribution in [1.82, 2.24) is 4.90 Å². The molecule has 0 radical (unpaired) electrons. The summed E-state index contributed by atoms with van der Waals surface area (Å²) in [6.45, 7) is 6.29. The fraction of sp³-hybridized carbons (Fsp3) is 0.391. The molecule has 0 saturated carbocycles. The van der Waals surface area contributed by atoms with Crippen LogP contribution in [0.15, 0.2) is 42.5 Å². The average molecular weight is 431 g/mol. The number of nitriles is 1. The van der Waals surface area contributed by atoms with E-state index in [4.69, 9.17) is 4.74 Å². The molecule has 2 aromatic rings. The predicted octanol–water partition coefficient (Wildman–Crippen LogP) is 4.57. The fourth-order valence-corrected chi connectivity index (χ4v) is 3.35. The van der Waals surface area contributed by atoms with Crippen LogP contribution >= 0.6 is 0 Å². The van der Waals surface area contributed by atoms with Crippen LogP contribution in [-0.4, -0.2) is 43.6 Å². The molecule has 3 rings (SSSR count). The minimum Gasteiger partial charge on any atom is -0.492 e. The first-order chi connectivity index (χ1) is 14.7. The fourth-order valence-electron chi connectivity index (χ4n) is 3.35. The Kier molecular flexibility index (Phi) is 6.74. The van der Waals surface area contributed by atoms with Crippen LogP contribution in [0.2, 0.25) is 0 Å². The van der Waals surface area contributed by atoms with Crippen molar-refractivity contribution in [3.63, 3.8) is 0 Å². The third kappa shape index (κ3) is 5.48. The maximum atomic E-state index is 13.1. The van der Waals surface area contributed by atoms with E-state index in [-0.39, 0.29) is 11.8 Å². The molecule has 1 aliphatic rings. The quantitative estimate of drug-likeness (QED) is 0.696. The van der Waals surface area contributed by atoms with E-state index in [0.29, 0.717) is 55.3 Å². The van der Waals surface area contributed by atoms with E-state index in [0.717, 1.165) is 12.1 Å². The van der Waals surface area contributed by atoms with Gasteiger partial charge in [0.2, 0.25) is 0 Å². The Morgan fingerprint density at radius 3 is 2.29 bits per heavy atom. The SMILES string of the molecule is CC(C)COc1ccc(C#N)cc1C(=O)N1CCN(c2ccc(C(F)(F)F)cc2)CC1. The monoisotopic (exact) mass is 431 g/mol. The van der Waals surface area contributed by atoms with Gasteiger partial charge in [-0.25, -0.2) is 0 Å². The zero-order valence-electron chi connectivity index (χ0n) is 17.4. The van der Waals surface area contributed by atoms with E-state index in [9.17, 15) is 23.2 Å². The van der Waals surface area contributed by atoms with Crippen molar-refractivity contribution < 1.29 is 22.7 Å². The van der Waals surface area contributed by atoms with Gasteiger partial charge in [0.25, 0.3) is 5.91 Å². The Morgan fingerprint density at radius 2 is 1.74 bits per heavy atom. The van der Waals surface area contributed by atoms with Gasteiger partial charge in [-0.3, -0.25) is 4.79 Å². The van der Waals surface area contributed by atoms with Gasteiger partial charge in [-0.05, 0) is 48.4 Å². The summed E-state index contributed by atoms with van der Waals surface area (Å²) < 4.78 is 44.1. The van der Waals surface area contributed by atoms with Crippen LogP contribution in [0, 0.1) is 17.2 Å². The highest BCUT2D eigenvalue weighted by Crippen LogP contribution is 2.31. The molecule has 1 heterocycles. The Labute approximate surface area is 179 Å². The summed E-state index contributed by atoms with van der Waals surface area (Å²) in [5.41, 5.74) is 0.732. The van der Waals surface area contributed by atoms with Crippen LogP contribution in [-0.2, 0) is 6.18 Å². The molecular formula is C23H24F3N3O2. The second-order valence-electron chi connectivity index (χ2n) is 7.85. The molecule has 164 valence electrons. The number of alkyl halides is 3. The van der Waals surface area contributed by atoms with E-state index in [2.05, 4.69) is 0 Å². The lowest BCUT2D eigenvalue weighted by Crippen LogP contribution is -2.48. The number of carbonyl (C=O) groups is 1. The smallest absolute Gasteiger partial charge is 0.416 e. The Hall–Kier alpha value is -3.21. The standard InChI is InChI=1S/C23H24F3N3O2/c1-16(2)15-31-21-8-3-17(14-27)13-20(21)22(30)29-11-9-28(10-12-29)19-6-4-18(5-7-19)23(24,25)26/h3-8,13,16H,9-12,15H2,1-2H3. The molecule has 1 aliphatic heterocycles. The first-order valence-electron chi connectivity index (χ1n) is 10.1. The number of ether oxygens (including phenoxy) is 1. The highest BCUT2D eigenvalue weighted by atomic mass is 19.4. The molecule has 0 bridgehead atoms. The lowest BCUT2D eigenvalue weighted by Gasteiger charge is -2.36. The van der Waals surface area contributed by atoms with Crippen LogP contribution in [0.5, 0.6) is 5.75 Å². The molecule has 8 heteroatoms. The number of benzene rings is 2. The third-order valence-corrected chi connectivity index (χ3v) is 5.04. The van der Waals surface area contributed by atoms with E-state index < -0.39 is 11.7 Å². The number of hydrogen-bond donors (Lipinski definition) is 0. The van der Waals surface area contributed by atoms with E-state index >= 15 is 0 Å². The summed E-state index contributed by atoms with van der Waals surface area (Å²) in [6.07, 6.45) is -4.36. The number of amides is 1. The van der Waals surface area contributed by atoms with Crippen molar-refractivity contribution in [1.29, 1.82) is 5.26 Å². The summed E-state index contributed by atoms with van der Waals surface area (Å²) in [5.74, 6) is 0.511. The predicted molar refractivity (Wildman–Crippen MR) is 111 cm³/mol. The molecule has 0 unspecified atom stereocenters. The summed E-state index contributed by atoms with van der Waals surface area (Å²) in [4.78, 5) is 16.8. The van der Waals surface area contributed by atoms with Crippen LogP contribution in [0.3, 0.4) is 0 Å². The van der Waals surface area contributed by atoms with Crippen molar-refractivity contribution in [3.8, 4) is 11.8 Å². The van der Waals surface area contributed by atoms with Crippen molar-refractivity contribution in [2.24, 2.45) is 5.92 Å². The number of nitrogens with zero attached hydrogens (tertiary/aromatic N) is 3. The summed E-state index contributed by atoms with van der Waals surface area (Å²) in [6, 6.07) is 11.9. The van der Waals surface area contributed by atoms with Crippen molar-refractivity contribution in [2.75, 3.05) is 37.7 Å². The molecule has 5 nitrogen and oxygen atoms in total. The summed E-state index contributed by atoms with van der Waals surface area (Å²) >= 11 is 0. The van der Waals surface area contributed by atoms with Gasteiger partial charge in [-0.1, -0.05) is 13.8 Å². The second kappa shape index (κ2) is 9.29. The van der Waals surface area contributed by atoms with Gasteiger partial charge in [0, 0.05) is 31.9 Å². The molecule has 1 saturated heterocycles. The van der Waals surface area contributed by atoms with E-state index in [1.165, 1.54) is 12.1 Å². The molecule has 0 spiro atoms. The number of hydrogen-bond acceptors (Lipinski definition) is 4. The Balaban J connectivity index is 1.69. The van der Waals surface area contributed by atoms with Crippen molar-refractivity contribution in [3.05, 3.63) is 59.2 Å². The first kappa shape index (κ1) is 22.5. The number of halogens is 3. The van der Waals surface area contributed by atoms with Crippen LogP contribution in [0.4, 0.5) is 18.9 Å².